The Hall–Kier alpha value is -0.190. The smallest absolute Gasteiger partial charge is 0.251 e. The molecule has 0 aromatic carbocycles. The summed E-state index contributed by atoms with van der Waals surface area (Å²) in [6.45, 7) is 0. The Kier molecular flexibility index (Phi) is 2.77. The Morgan fingerprint density at radius 3 is 3.00 bits per heavy atom. The quantitative estimate of drug-likeness (QED) is 0.508. The van der Waals surface area contributed by atoms with E-state index in [1.165, 1.54) is 24.0 Å². The third-order valence-corrected chi connectivity index (χ3v) is 4.00. The second kappa shape index (κ2) is 3.76. The first-order valence-electron chi connectivity index (χ1n) is 4.14. The molecule has 1 atom stereocenters. The normalized spacial score (nSPS) is 23.4. The molecule has 1 aliphatic carbocycles. The molecule has 1 heterocycles. The highest BCUT2D eigenvalue weighted by Gasteiger charge is 2.51. The van der Waals surface area contributed by atoms with E-state index in [-0.39, 0.29) is 5.56 Å². The molecule has 1 aromatic heterocycles. The summed E-state index contributed by atoms with van der Waals surface area (Å²) in [5, 5.41) is 0.619. The standard InChI is InChI=1S/C8H8Cl2N2OS/c9-8(10)3-5(8)4-14-7-11-2-1-6(13)12-7/h1-2,5H,3-4H2,(H,11,12,13)/t5-/m0/s1. The molecule has 0 spiro atoms. The van der Waals surface area contributed by atoms with Gasteiger partial charge in [-0.3, -0.25) is 4.79 Å². The zero-order chi connectivity index (χ0) is 10.2. The van der Waals surface area contributed by atoms with E-state index in [4.69, 9.17) is 23.2 Å². The van der Waals surface area contributed by atoms with Crippen LogP contribution in [0.5, 0.6) is 0 Å². The number of H-pyrrole nitrogens is 1. The Bertz CT molecular complexity index is 393. The molecule has 0 saturated heterocycles. The van der Waals surface area contributed by atoms with Crippen LogP contribution >= 0.6 is 35.0 Å². The van der Waals surface area contributed by atoms with Gasteiger partial charge in [0.25, 0.3) is 5.56 Å². The first kappa shape index (κ1) is 10.3. The highest BCUT2D eigenvalue weighted by atomic mass is 35.5. The Labute approximate surface area is 95.2 Å². The van der Waals surface area contributed by atoms with Crippen molar-refractivity contribution in [3.63, 3.8) is 0 Å². The van der Waals surface area contributed by atoms with Crippen molar-refractivity contribution >= 4 is 35.0 Å². The fourth-order valence-corrected chi connectivity index (χ4v) is 2.83. The maximum Gasteiger partial charge on any atom is 0.251 e. The molecule has 1 N–H and O–H groups in total. The predicted octanol–water partition coefficient (Wildman–Crippen LogP) is 2.06. The van der Waals surface area contributed by atoms with Crippen molar-refractivity contribution in [1.82, 2.24) is 9.97 Å². The van der Waals surface area contributed by atoms with Crippen LogP contribution < -0.4 is 5.56 Å². The molecule has 0 unspecified atom stereocenters. The number of nitrogens with one attached hydrogen (secondary N) is 1. The number of hydrogen-bond acceptors (Lipinski definition) is 3. The van der Waals surface area contributed by atoms with E-state index in [2.05, 4.69) is 9.97 Å². The van der Waals surface area contributed by atoms with E-state index in [1.54, 1.807) is 0 Å². The zero-order valence-electron chi connectivity index (χ0n) is 7.17. The Morgan fingerprint density at radius 1 is 1.71 bits per heavy atom. The molecule has 6 heteroatoms. The van der Waals surface area contributed by atoms with Crippen molar-refractivity contribution in [3.8, 4) is 0 Å². The van der Waals surface area contributed by atoms with Crippen LogP contribution in [-0.2, 0) is 0 Å². The third kappa shape index (κ3) is 2.43. The van der Waals surface area contributed by atoms with Crippen molar-refractivity contribution in [2.24, 2.45) is 5.92 Å². The minimum absolute atomic E-state index is 0.138. The number of aromatic nitrogens is 2. The average Bonchev–Trinajstić information content (AvgIpc) is 2.71. The first-order valence-corrected chi connectivity index (χ1v) is 5.88. The summed E-state index contributed by atoms with van der Waals surface area (Å²) in [5.74, 6) is 1.10. The van der Waals surface area contributed by atoms with Gasteiger partial charge in [0, 0.05) is 23.9 Å². The number of halogens is 2. The molecule has 0 aliphatic heterocycles. The van der Waals surface area contributed by atoms with Gasteiger partial charge in [-0.1, -0.05) is 11.8 Å². The van der Waals surface area contributed by atoms with Crippen molar-refractivity contribution in [3.05, 3.63) is 22.6 Å². The van der Waals surface area contributed by atoms with Crippen LogP contribution in [0.1, 0.15) is 6.42 Å². The van der Waals surface area contributed by atoms with E-state index in [0.717, 1.165) is 12.2 Å². The number of aromatic amines is 1. The van der Waals surface area contributed by atoms with Crippen LogP contribution in [0.15, 0.2) is 22.2 Å². The molecule has 0 amide bonds. The van der Waals surface area contributed by atoms with Crippen molar-refractivity contribution in [2.75, 3.05) is 5.75 Å². The van der Waals surface area contributed by atoms with Gasteiger partial charge in [0.15, 0.2) is 5.16 Å². The molecule has 0 radical (unpaired) electrons. The second-order valence-corrected chi connectivity index (χ2v) is 5.76. The minimum Gasteiger partial charge on any atom is -0.301 e. The van der Waals surface area contributed by atoms with Gasteiger partial charge in [-0.05, 0) is 6.42 Å². The van der Waals surface area contributed by atoms with Crippen molar-refractivity contribution < 1.29 is 0 Å². The molecule has 1 saturated carbocycles. The van der Waals surface area contributed by atoms with Crippen LogP contribution in [0.2, 0.25) is 0 Å². The van der Waals surface area contributed by atoms with E-state index < -0.39 is 4.33 Å². The lowest BCUT2D eigenvalue weighted by molar-refractivity contribution is 0.919. The fourth-order valence-electron chi connectivity index (χ4n) is 1.06. The van der Waals surface area contributed by atoms with Crippen LogP contribution in [0, 0.1) is 5.92 Å². The number of rotatable bonds is 3. The summed E-state index contributed by atoms with van der Waals surface area (Å²) in [6, 6.07) is 1.38. The maximum atomic E-state index is 10.9. The molecule has 1 fully saturated rings. The molecule has 0 bridgehead atoms. The molecule has 76 valence electrons. The number of alkyl halides is 2. The first-order chi connectivity index (χ1) is 6.58. The monoisotopic (exact) mass is 250 g/mol. The SMILES string of the molecule is O=c1ccnc(SC[C@@H]2CC2(Cl)Cl)[nH]1. The summed E-state index contributed by atoms with van der Waals surface area (Å²) in [7, 11) is 0. The van der Waals surface area contributed by atoms with Gasteiger partial charge in [0.1, 0.15) is 4.33 Å². The molecule has 1 aliphatic rings. The van der Waals surface area contributed by atoms with Gasteiger partial charge in [-0.15, -0.1) is 23.2 Å². The predicted molar refractivity (Wildman–Crippen MR) is 58.1 cm³/mol. The molecular weight excluding hydrogens is 243 g/mol. The molecule has 14 heavy (non-hydrogen) atoms. The van der Waals surface area contributed by atoms with Gasteiger partial charge in [0.2, 0.25) is 0 Å². The van der Waals surface area contributed by atoms with Crippen LogP contribution in [-0.4, -0.2) is 20.1 Å². The van der Waals surface area contributed by atoms with E-state index in [0.29, 0.717) is 11.1 Å². The topological polar surface area (TPSA) is 45.8 Å². The third-order valence-electron chi connectivity index (χ3n) is 2.02. The van der Waals surface area contributed by atoms with Crippen LogP contribution in [0.3, 0.4) is 0 Å². The van der Waals surface area contributed by atoms with Gasteiger partial charge in [0.05, 0.1) is 0 Å². The molecule has 2 rings (SSSR count). The van der Waals surface area contributed by atoms with Gasteiger partial charge >= 0.3 is 0 Å². The Morgan fingerprint density at radius 2 is 2.43 bits per heavy atom. The van der Waals surface area contributed by atoms with Crippen molar-refractivity contribution in [1.29, 1.82) is 0 Å². The van der Waals surface area contributed by atoms with E-state index >= 15 is 0 Å². The van der Waals surface area contributed by atoms with Crippen LogP contribution in [0.4, 0.5) is 0 Å². The summed E-state index contributed by atoms with van der Waals surface area (Å²) in [4.78, 5) is 17.6. The summed E-state index contributed by atoms with van der Waals surface area (Å²) in [5.41, 5.74) is -0.138. The number of thioether (sulfide) groups is 1. The average molecular weight is 251 g/mol. The summed E-state index contributed by atoms with van der Waals surface area (Å²) < 4.78 is -0.553. The van der Waals surface area contributed by atoms with Gasteiger partial charge in [-0.2, -0.15) is 0 Å². The molecular formula is C8H8Cl2N2OS. The van der Waals surface area contributed by atoms with Gasteiger partial charge < -0.3 is 4.98 Å². The van der Waals surface area contributed by atoms with E-state index in [9.17, 15) is 4.79 Å². The number of hydrogen-bond donors (Lipinski definition) is 1. The Balaban J connectivity index is 1.90. The largest absolute Gasteiger partial charge is 0.301 e. The molecule has 3 nitrogen and oxygen atoms in total. The van der Waals surface area contributed by atoms with Gasteiger partial charge in [-0.25, -0.2) is 4.98 Å². The lowest BCUT2D eigenvalue weighted by Gasteiger charge is -1.99. The summed E-state index contributed by atoms with van der Waals surface area (Å²) >= 11 is 13.2. The van der Waals surface area contributed by atoms with Crippen molar-refractivity contribution in [2.45, 2.75) is 15.9 Å². The van der Waals surface area contributed by atoms with Crippen LogP contribution in [0.25, 0.3) is 0 Å². The zero-order valence-corrected chi connectivity index (χ0v) is 9.49. The highest BCUT2D eigenvalue weighted by molar-refractivity contribution is 7.99. The minimum atomic E-state index is -0.553. The molecule has 1 aromatic rings. The fraction of sp³-hybridized carbons (Fsp3) is 0.500. The number of nitrogens with zero attached hydrogens (tertiary/aromatic N) is 1. The second-order valence-electron chi connectivity index (χ2n) is 3.21. The maximum absolute atomic E-state index is 10.9. The van der Waals surface area contributed by atoms with E-state index in [1.807, 2.05) is 0 Å². The lowest BCUT2D eigenvalue weighted by atomic mass is 10.5. The lowest BCUT2D eigenvalue weighted by Crippen LogP contribution is -2.06. The summed E-state index contributed by atoms with van der Waals surface area (Å²) in [6.07, 6.45) is 2.31. The highest BCUT2D eigenvalue weighted by Crippen LogP contribution is 2.54.